The Labute approximate surface area is 87.9 Å². The van der Waals surface area contributed by atoms with Crippen LogP contribution in [0.2, 0.25) is 0 Å². The van der Waals surface area contributed by atoms with Crippen molar-refractivity contribution in [2.45, 2.75) is 6.92 Å². The third kappa shape index (κ3) is 2.42. The Hall–Kier alpha value is -0.600. The van der Waals surface area contributed by atoms with Crippen molar-refractivity contribution < 1.29 is 0 Å². The first-order valence-electron chi connectivity index (χ1n) is 4.03. The minimum atomic E-state index is 1.09. The molecule has 1 aromatic carbocycles. The molecule has 68 valence electrons. The van der Waals surface area contributed by atoms with Gasteiger partial charge in [-0.05, 0) is 17.4 Å². The molecule has 0 saturated carbocycles. The molecule has 0 unspecified atom stereocenters. The minimum absolute atomic E-state index is 1.09. The number of hydrogen-bond acceptors (Lipinski definition) is 2. The van der Waals surface area contributed by atoms with E-state index in [-0.39, 0.29) is 0 Å². The van der Waals surface area contributed by atoms with Gasteiger partial charge >= 0.3 is 0 Å². The summed E-state index contributed by atoms with van der Waals surface area (Å²) in [6, 6.07) is 8.22. The fraction of sp³-hybridized carbons (Fsp3) is 0.0909. The zero-order chi connectivity index (χ0) is 9.68. The maximum absolute atomic E-state index is 4.19. The number of hydrogen-bond donors (Lipinski definition) is 1. The van der Waals surface area contributed by atoms with Gasteiger partial charge in [-0.1, -0.05) is 53.8 Å². The van der Waals surface area contributed by atoms with Crippen molar-refractivity contribution in [2.24, 2.45) is 0 Å². The molecule has 0 amide bonds. The summed E-state index contributed by atoms with van der Waals surface area (Å²) in [5, 5.41) is 2.42. The van der Waals surface area contributed by atoms with E-state index in [0.717, 1.165) is 4.91 Å². The van der Waals surface area contributed by atoms with Crippen LogP contribution in [0.15, 0.2) is 36.9 Å². The highest BCUT2D eigenvalue weighted by Crippen LogP contribution is 2.19. The van der Waals surface area contributed by atoms with Crippen LogP contribution in [0.3, 0.4) is 0 Å². The molecule has 0 spiro atoms. The second-order valence-electron chi connectivity index (χ2n) is 2.54. The van der Waals surface area contributed by atoms with Crippen molar-refractivity contribution in [2.75, 3.05) is 0 Å². The molecule has 0 bridgehead atoms. The van der Waals surface area contributed by atoms with Crippen LogP contribution in [-0.2, 0) is 0 Å². The molecule has 0 aliphatic carbocycles. The smallest absolute Gasteiger partial charge is 0.0252 e. The van der Waals surface area contributed by atoms with Crippen LogP contribution < -0.4 is 10.4 Å². The molecular formula is C11H12S2. The molecule has 0 radical (unpaired) electrons. The number of rotatable bonds is 2. The summed E-state index contributed by atoms with van der Waals surface area (Å²) in [6.45, 7) is 5.79. The van der Waals surface area contributed by atoms with Gasteiger partial charge in [0.2, 0.25) is 0 Å². The summed E-state index contributed by atoms with van der Waals surface area (Å²) in [7, 11) is 1.43. The van der Waals surface area contributed by atoms with Crippen LogP contribution in [0, 0.1) is 0 Å². The number of thiol groups is 1. The highest BCUT2D eigenvalue weighted by Gasteiger charge is 1.91. The third-order valence-corrected chi connectivity index (χ3v) is 2.99. The van der Waals surface area contributed by atoms with Gasteiger partial charge in [0.05, 0.1) is 0 Å². The van der Waals surface area contributed by atoms with Crippen molar-refractivity contribution in [1.82, 2.24) is 0 Å². The van der Waals surface area contributed by atoms with Crippen molar-refractivity contribution in [3.63, 3.8) is 0 Å². The van der Waals surface area contributed by atoms with Crippen molar-refractivity contribution >= 4 is 33.4 Å². The number of benzene rings is 1. The summed E-state index contributed by atoms with van der Waals surface area (Å²) < 4.78 is 0. The second-order valence-corrected chi connectivity index (χ2v) is 3.71. The van der Waals surface area contributed by atoms with Gasteiger partial charge in [0.25, 0.3) is 0 Å². The van der Waals surface area contributed by atoms with Crippen molar-refractivity contribution in [3.8, 4) is 0 Å². The first kappa shape index (κ1) is 10.5. The van der Waals surface area contributed by atoms with E-state index in [1.165, 1.54) is 21.2 Å². The highest BCUT2D eigenvalue weighted by molar-refractivity contribution is 8.72. The molecule has 1 aromatic rings. The predicted molar refractivity (Wildman–Crippen MR) is 66.0 cm³/mol. The van der Waals surface area contributed by atoms with E-state index in [4.69, 9.17) is 0 Å². The molecule has 0 nitrogen and oxygen atoms in total. The Balaban J connectivity index is 3.61. The standard InChI is InChI=1S/C11H12S2/c1-3-9-7-5-6-8-10(9)11(4-2)13-12/h3-8,12H,2H2,1H3/b9-3-,11-10+. The summed E-state index contributed by atoms with van der Waals surface area (Å²) in [4.78, 5) is 1.09. The Kier molecular flexibility index (Phi) is 4.19. The van der Waals surface area contributed by atoms with Gasteiger partial charge in [-0.3, -0.25) is 0 Å². The Morgan fingerprint density at radius 1 is 1.46 bits per heavy atom. The summed E-state index contributed by atoms with van der Waals surface area (Å²) >= 11 is 4.19. The molecule has 0 N–H and O–H groups in total. The van der Waals surface area contributed by atoms with Crippen molar-refractivity contribution in [1.29, 1.82) is 0 Å². The zero-order valence-corrected chi connectivity index (χ0v) is 9.24. The zero-order valence-electron chi connectivity index (χ0n) is 7.53. The summed E-state index contributed by atoms with van der Waals surface area (Å²) in [5.74, 6) is 0. The van der Waals surface area contributed by atoms with E-state index in [1.807, 2.05) is 25.1 Å². The molecule has 1 rings (SSSR count). The fourth-order valence-electron chi connectivity index (χ4n) is 1.17. The Morgan fingerprint density at radius 3 is 2.69 bits per heavy atom. The predicted octanol–water partition coefficient (Wildman–Crippen LogP) is 2.36. The average Bonchev–Trinajstić information content (AvgIpc) is 2.20. The minimum Gasteiger partial charge on any atom is -0.106 e. The maximum atomic E-state index is 4.19. The third-order valence-electron chi connectivity index (χ3n) is 1.82. The Morgan fingerprint density at radius 2 is 2.15 bits per heavy atom. The maximum Gasteiger partial charge on any atom is 0.0252 e. The van der Waals surface area contributed by atoms with Gasteiger partial charge in [-0.2, -0.15) is 0 Å². The van der Waals surface area contributed by atoms with Crippen LogP contribution >= 0.6 is 22.5 Å². The first-order chi connectivity index (χ1) is 6.33. The SMILES string of the molecule is C=C/C(SS)=c1/cccc/c1=C/C. The normalized spacial score (nSPS) is 14.2. The summed E-state index contributed by atoms with van der Waals surface area (Å²) in [6.07, 6.45) is 3.92. The van der Waals surface area contributed by atoms with E-state index in [1.54, 1.807) is 0 Å². The topological polar surface area (TPSA) is 0 Å². The molecule has 13 heavy (non-hydrogen) atoms. The molecule has 0 fully saturated rings. The van der Waals surface area contributed by atoms with Gasteiger partial charge in [0.15, 0.2) is 0 Å². The fourth-order valence-corrected chi connectivity index (χ4v) is 2.05. The Bertz CT molecular complexity index is 404. The van der Waals surface area contributed by atoms with Crippen LogP contribution in [0.5, 0.6) is 0 Å². The summed E-state index contributed by atoms with van der Waals surface area (Å²) in [5.41, 5.74) is 0. The van der Waals surface area contributed by atoms with Crippen LogP contribution in [-0.4, -0.2) is 0 Å². The van der Waals surface area contributed by atoms with Crippen LogP contribution in [0.25, 0.3) is 11.0 Å². The van der Waals surface area contributed by atoms with E-state index in [9.17, 15) is 0 Å². The molecule has 0 aliphatic heterocycles. The quantitative estimate of drug-likeness (QED) is 0.575. The highest BCUT2D eigenvalue weighted by atomic mass is 33.1. The van der Waals surface area contributed by atoms with Gasteiger partial charge in [-0.25, -0.2) is 0 Å². The lowest BCUT2D eigenvalue weighted by Crippen LogP contribution is -2.24. The lowest BCUT2D eigenvalue weighted by molar-refractivity contribution is 1.50. The molecule has 2 heteroatoms. The lowest BCUT2D eigenvalue weighted by atomic mass is 10.2. The molecule has 0 heterocycles. The molecule has 0 aliphatic rings. The van der Waals surface area contributed by atoms with E-state index >= 15 is 0 Å². The molecule has 0 saturated heterocycles. The van der Waals surface area contributed by atoms with Gasteiger partial charge in [-0.15, -0.1) is 11.7 Å². The van der Waals surface area contributed by atoms with E-state index < -0.39 is 0 Å². The van der Waals surface area contributed by atoms with Gasteiger partial charge in [0.1, 0.15) is 0 Å². The largest absolute Gasteiger partial charge is 0.106 e. The molecular weight excluding hydrogens is 196 g/mol. The van der Waals surface area contributed by atoms with Crippen LogP contribution in [0.4, 0.5) is 0 Å². The van der Waals surface area contributed by atoms with Gasteiger partial charge in [0, 0.05) is 4.91 Å². The van der Waals surface area contributed by atoms with E-state index in [2.05, 4.69) is 36.4 Å². The van der Waals surface area contributed by atoms with Gasteiger partial charge < -0.3 is 0 Å². The lowest BCUT2D eigenvalue weighted by Gasteiger charge is -1.95. The first-order valence-corrected chi connectivity index (χ1v) is 5.90. The average molecular weight is 208 g/mol. The molecule has 0 atom stereocenters. The van der Waals surface area contributed by atoms with E-state index in [0.29, 0.717) is 0 Å². The molecule has 0 aromatic heterocycles. The monoisotopic (exact) mass is 208 g/mol. The van der Waals surface area contributed by atoms with Crippen LogP contribution in [0.1, 0.15) is 6.92 Å². The van der Waals surface area contributed by atoms with Crippen molar-refractivity contribution in [3.05, 3.63) is 47.4 Å². The second kappa shape index (κ2) is 5.20.